The third-order valence-electron chi connectivity index (χ3n) is 5.72. The maximum Gasteiger partial charge on any atom is 0.252 e. The van der Waals surface area contributed by atoms with Crippen molar-refractivity contribution in [2.24, 2.45) is 18.5 Å². The Hall–Kier alpha value is -3.44. The number of carbonyl (C=O) groups is 1. The zero-order chi connectivity index (χ0) is 25.0. The summed E-state index contributed by atoms with van der Waals surface area (Å²) in [6, 6.07) is 6.32. The summed E-state index contributed by atoms with van der Waals surface area (Å²) in [5.74, 6) is -0.539. The van der Waals surface area contributed by atoms with Crippen LogP contribution in [0.25, 0.3) is 10.9 Å². The van der Waals surface area contributed by atoms with E-state index in [1.54, 1.807) is 11.8 Å². The van der Waals surface area contributed by atoms with Gasteiger partial charge in [0.25, 0.3) is 5.91 Å². The minimum absolute atomic E-state index is 0.000839. The molecule has 3 rings (SSSR count). The molecule has 2 heterocycles. The number of nitrogens with zero attached hydrogens (tertiary/aromatic N) is 4. The smallest absolute Gasteiger partial charge is 0.252 e. The Morgan fingerprint density at radius 1 is 1.32 bits per heavy atom. The van der Waals surface area contributed by atoms with E-state index in [0.717, 1.165) is 22.8 Å². The fraction of sp³-hybridized carbons (Fsp3) is 0.435. The molecule has 2 aromatic heterocycles. The van der Waals surface area contributed by atoms with E-state index in [1.807, 2.05) is 51.0 Å². The van der Waals surface area contributed by atoms with Crippen molar-refractivity contribution < 1.29 is 13.9 Å². The predicted octanol–water partition coefficient (Wildman–Crippen LogP) is 2.57. The number of nitrogens with one attached hydrogen (secondary N) is 2. The zero-order valence-electron chi connectivity index (χ0n) is 20.2. The Labute approximate surface area is 198 Å². The molecule has 184 valence electrons. The van der Waals surface area contributed by atoms with Gasteiger partial charge in [-0.2, -0.15) is 5.10 Å². The number of fused-ring (bicyclic) bond motifs is 1. The second-order valence-corrected chi connectivity index (χ2v) is 8.32. The van der Waals surface area contributed by atoms with E-state index in [2.05, 4.69) is 20.7 Å². The summed E-state index contributed by atoms with van der Waals surface area (Å²) in [6.07, 6.45) is 0.677. The standard InChI is InChI=1S/C23H33FN8O2/c1-6-18(13(2)25)28-22-17(24)12-16(20(26)33)21(29-22)27-14-7-8-19-15(11-14)23(30-32(19)4)31(3)9-10-34-5/h7-8,11-13,18H,6,9-10,25H2,1-5H3,(H2,26,33)(H2,27,28,29)/t13-,18+/m0/s1. The Kier molecular flexibility index (Phi) is 7.90. The van der Waals surface area contributed by atoms with E-state index in [9.17, 15) is 9.18 Å². The highest BCUT2D eigenvalue weighted by atomic mass is 19.1. The molecule has 1 amide bonds. The maximum atomic E-state index is 14.7. The number of aryl methyl sites for hydroxylation is 1. The average Bonchev–Trinajstić information content (AvgIpc) is 3.12. The fourth-order valence-electron chi connectivity index (χ4n) is 3.73. The first kappa shape index (κ1) is 25.2. The Balaban J connectivity index is 2.01. The third-order valence-corrected chi connectivity index (χ3v) is 5.72. The third kappa shape index (κ3) is 5.37. The van der Waals surface area contributed by atoms with Gasteiger partial charge in [0.1, 0.15) is 5.82 Å². The van der Waals surface area contributed by atoms with E-state index < -0.39 is 11.7 Å². The zero-order valence-corrected chi connectivity index (χ0v) is 20.2. The summed E-state index contributed by atoms with van der Waals surface area (Å²) < 4.78 is 21.7. The van der Waals surface area contributed by atoms with Crippen LogP contribution in [0.15, 0.2) is 24.3 Å². The van der Waals surface area contributed by atoms with Gasteiger partial charge < -0.3 is 31.7 Å². The second-order valence-electron chi connectivity index (χ2n) is 8.32. The predicted molar refractivity (Wildman–Crippen MR) is 133 cm³/mol. The summed E-state index contributed by atoms with van der Waals surface area (Å²) in [4.78, 5) is 18.4. The van der Waals surface area contributed by atoms with Crippen molar-refractivity contribution in [3.8, 4) is 0 Å². The van der Waals surface area contributed by atoms with Gasteiger partial charge in [0.15, 0.2) is 17.5 Å². The van der Waals surface area contributed by atoms with Gasteiger partial charge in [0.2, 0.25) is 0 Å². The monoisotopic (exact) mass is 472 g/mol. The van der Waals surface area contributed by atoms with Crippen molar-refractivity contribution >= 4 is 40.0 Å². The van der Waals surface area contributed by atoms with Crippen LogP contribution in [0.1, 0.15) is 30.6 Å². The molecular formula is C23H33FN8O2. The molecule has 0 bridgehead atoms. The first-order valence-electron chi connectivity index (χ1n) is 11.1. The summed E-state index contributed by atoms with van der Waals surface area (Å²) in [6.45, 7) is 5.00. The molecular weight excluding hydrogens is 439 g/mol. The van der Waals surface area contributed by atoms with Crippen LogP contribution in [0.3, 0.4) is 0 Å². The van der Waals surface area contributed by atoms with Crippen molar-refractivity contribution in [3.63, 3.8) is 0 Å². The summed E-state index contributed by atoms with van der Waals surface area (Å²) in [7, 11) is 5.46. The van der Waals surface area contributed by atoms with Crippen LogP contribution < -0.4 is 27.0 Å². The topological polar surface area (TPSA) is 136 Å². The molecule has 0 aliphatic rings. The second kappa shape index (κ2) is 10.7. The fourth-order valence-corrected chi connectivity index (χ4v) is 3.73. The van der Waals surface area contributed by atoms with Gasteiger partial charge in [-0.15, -0.1) is 0 Å². The first-order chi connectivity index (χ1) is 16.2. The van der Waals surface area contributed by atoms with E-state index >= 15 is 0 Å². The van der Waals surface area contributed by atoms with Crippen LogP contribution in [0, 0.1) is 5.82 Å². The van der Waals surface area contributed by atoms with Gasteiger partial charge >= 0.3 is 0 Å². The summed E-state index contributed by atoms with van der Waals surface area (Å²) >= 11 is 0. The summed E-state index contributed by atoms with van der Waals surface area (Å²) in [5.41, 5.74) is 13.0. The normalized spacial score (nSPS) is 13.0. The lowest BCUT2D eigenvalue weighted by atomic mass is 10.1. The van der Waals surface area contributed by atoms with Crippen LogP contribution in [0.2, 0.25) is 0 Å². The molecule has 3 aromatic rings. The van der Waals surface area contributed by atoms with Gasteiger partial charge in [-0.25, -0.2) is 9.37 Å². The number of benzene rings is 1. The number of aromatic nitrogens is 3. The van der Waals surface area contributed by atoms with Gasteiger partial charge in [-0.1, -0.05) is 6.92 Å². The molecule has 1 aromatic carbocycles. The van der Waals surface area contributed by atoms with Crippen LogP contribution in [-0.2, 0) is 11.8 Å². The number of ether oxygens (including phenoxy) is 1. The molecule has 0 radical (unpaired) electrons. The van der Waals surface area contributed by atoms with Gasteiger partial charge in [0.05, 0.1) is 17.7 Å². The van der Waals surface area contributed by atoms with E-state index in [4.69, 9.17) is 16.2 Å². The Bertz CT molecular complexity index is 1160. The molecule has 0 aliphatic carbocycles. The molecule has 0 aliphatic heterocycles. The maximum absolute atomic E-state index is 14.7. The molecule has 0 spiro atoms. The number of hydrogen-bond donors (Lipinski definition) is 4. The first-order valence-corrected chi connectivity index (χ1v) is 11.1. The van der Waals surface area contributed by atoms with Crippen LogP contribution in [-0.4, -0.2) is 60.1 Å². The number of methoxy groups -OCH3 is 1. The molecule has 0 fully saturated rings. The Morgan fingerprint density at radius 3 is 2.68 bits per heavy atom. The minimum atomic E-state index is -0.790. The number of anilines is 4. The number of likely N-dealkylation sites (N-methyl/N-ethyl adjacent to an activating group) is 1. The Morgan fingerprint density at radius 2 is 2.06 bits per heavy atom. The minimum Gasteiger partial charge on any atom is -0.383 e. The lowest BCUT2D eigenvalue weighted by Crippen LogP contribution is -2.38. The van der Waals surface area contributed by atoms with Crippen LogP contribution in [0.5, 0.6) is 0 Å². The number of carbonyl (C=O) groups excluding carboxylic acids is 1. The van der Waals surface area contributed by atoms with E-state index in [1.165, 1.54) is 0 Å². The average molecular weight is 473 g/mol. The number of hydrogen-bond acceptors (Lipinski definition) is 8. The number of amides is 1. The quantitative estimate of drug-likeness (QED) is 0.334. The molecule has 6 N–H and O–H groups in total. The van der Waals surface area contributed by atoms with Crippen molar-refractivity contribution in [1.29, 1.82) is 0 Å². The van der Waals surface area contributed by atoms with Crippen molar-refractivity contribution in [2.45, 2.75) is 32.4 Å². The van der Waals surface area contributed by atoms with Gasteiger partial charge in [-0.05, 0) is 37.6 Å². The molecule has 0 saturated carbocycles. The largest absolute Gasteiger partial charge is 0.383 e. The molecule has 0 unspecified atom stereocenters. The van der Waals surface area contributed by atoms with E-state index in [0.29, 0.717) is 25.3 Å². The molecule has 0 saturated heterocycles. The lowest BCUT2D eigenvalue weighted by molar-refractivity contribution is 0.100. The van der Waals surface area contributed by atoms with Crippen molar-refractivity contribution in [2.75, 3.05) is 42.8 Å². The molecule has 34 heavy (non-hydrogen) atoms. The number of rotatable bonds is 11. The van der Waals surface area contributed by atoms with Gasteiger partial charge in [-0.3, -0.25) is 9.48 Å². The van der Waals surface area contributed by atoms with Gasteiger partial charge in [0, 0.05) is 50.9 Å². The van der Waals surface area contributed by atoms with Crippen molar-refractivity contribution in [3.05, 3.63) is 35.6 Å². The van der Waals surface area contributed by atoms with E-state index in [-0.39, 0.29) is 29.3 Å². The molecule has 11 heteroatoms. The number of halogens is 1. The number of nitrogens with two attached hydrogens (primary N) is 2. The lowest BCUT2D eigenvalue weighted by Gasteiger charge is -2.22. The molecule has 2 atom stereocenters. The summed E-state index contributed by atoms with van der Waals surface area (Å²) in [5, 5.41) is 11.7. The number of pyridine rings is 1. The highest BCUT2D eigenvalue weighted by Crippen LogP contribution is 2.30. The van der Waals surface area contributed by atoms with Crippen LogP contribution in [0.4, 0.5) is 27.5 Å². The number of primary amides is 1. The SMILES string of the molecule is CC[C@@H](Nc1nc(Nc2ccc3c(c2)c(N(C)CCOC)nn3C)c(C(N)=O)cc1F)[C@H](C)N. The highest BCUT2D eigenvalue weighted by Gasteiger charge is 2.20. The molecule has 10 nitrogen and oxygen atoms in total. The van der Waals surface area contributed by atoms with Crippen molar-refractivity contribution in [1.82, 2.24) is 14.8 Å². The van der Waals surface area contributed by atoms with Crippen LogP contribution >= 0.6 is 0 Å². The highest BCUT2D eigenvalue weighted by molar-refractivity contribution is 5.99.